The highest BCUT2D eigenvalue weighted by atomic mass is 32.1. The number of fused-ring (bicyclic) bond motifs is 1. The smallest absolute Gasteiger partial charge is 0.340 e. The van der Waals surface area contributed by atoms with E-state index in [1.165, 1.54) is 40.3 Å². The predicted molar refractivity (Wildman–Crippen MR) is 118 cm³/mol. The first-order chi connectivity index (χ1) is 15.4. The van der Waals surface area contributed by atoms with Gasteiger partial charge in [0.15, 0.2) is 5.76 Å². The lowest BCUT2D eigenvalue weighted by molar-refractivity contribution is 0.0469. The van der Waals surface area contributed by atoms with Crippen LogP contribution in [0.2, 0.25) is 0 Å². The molecule has 0 bridgehead atoms. The van der Waals surface area contributed by atoms with Gasteiger partial charge in [-0.15, -0.1) is 0 Å². The minimum Gasteiger partial charge on any atom is -0.459 e. The number of esters is 1. The summed E-state index contributed by atoms with van der Waals surface area (Å²) in [7, 11) is 0. The van der Waals surface area contributed by atoms with Crippen LogP contribution < -0.4 is 10.9 Å². The molecule has 10 heteroatoms. The number of ether oxygens (including phenoxy) is 1. The Balaban J connectivity index is 1.49. The molecule has 1 N–H and O–H groups in total. The van der Waals surface area contributed by atoms with Gasteiger partial charge in [-0.1, -0.05) is 37.3 Å². The van der Waals surface area contributed by atoms with Crippen molar-refractivity contribution in [2.24, 2.45) is 5.92 Å². The summed E-state index contributed by atoms with van der Waals surface area (Å²) in [5.74, 6) is -0.627. The SMILES string of the molecule is CC(C)Cc1nn2c(=O)cc(COC(=O)c3ccccc3NC(=O)c3ccco3)nc2s1. The number of benzene rings is 1. The first-order valence-electron chi connectivity index (χ1n) is 9.90. The van der Waals surface area contributed by atoms with Crippen molar-refractivity contribution in [1.82, 2.24) is 14.6 Å². The molecule has 1 amide bonds. The van der Waals surface area contributed by atoms with Gasteiger partial charge in [0.2, 0.25) is 4.96 Å². The van der Waals surface area contributed by atoms with Crippen molar-refractivity contribution >= 4 is 33.9 Å². The molecule has 3 heterocycles. The van der Waals surface area contributed by atoms with Gasteiger partial charge in [0.1, 0.15) is 11.6 Å². The number of carbonyl (C=O) groups excluding carboxylic acids is 2. The van der Waals surface area contributed by atoms with Crippen molar-refractivity contribution < 1.29 is 18.7 Å². The number of anilines is 1. The fraction of sp³-hybridized carbons (Fsp3) is 0.227. The molecular formula is C22H20N4O5S. The molecule has 0 aliphatic rings. The monoisotopic (exact) mass is 452 g/mol. The Hall–Kier alpha value is -3.79. The summed E-state index contributed by atoms with van der Waals surface area (Å²) in [6.45, 7) is 3.95. The predicted octanol–water partition coefficient (Wildman–Crippen LogP) is 3.55. The van der Waals surface area contributed by atoms with Gasteiger partial charge in [-0.3, -0.25) is 9.59 Å². The van der Waals surface area contributed by atoms with Crippen LogP contribution in [0, 0.1) is 5.92 Å². The quantitative estimate of drug-likeness (QED) is 0.426. The molecule has 32 heavy (non-hydrogen) atoms. The average Bonchev–Trinajstić information content (AvgIpc) is 3.42. The molecule has 0 aliphatic carbocycles. The highest BCUT2D eigenvalue weighted by Crippen LogP contribution is 2.19. The van der Waals surface area contributed by atoms with Crippen LogP contribution in [0.4, 0.5) is 5.69 Å². The number of carbonyl (C=O) groups is 2. The van der Waals surface area contributed by atoms with Crippen molar-refractivity contribution in [2.45, 2.75) is 26.9 Å². The number of rotatable bonds is 7. The van der Waals surface area contributed by atoms with E-state index in [-0.39, 0.29) is 29.2 Å². The number of hydrogen-bond acceptors (Lipinski definition) is 8. The van der Waals surface area contributed by atoms with Crippen molar-refractivity contribution in [3.8, 4) is 0 Å². The summed E-state index contributed by atoms with van der Waals surface area (Å²) >= 11 is 1.34. The summed E-state index contributed by atoms with van der Waals surface area (Å²) in [6, 6.07) is 10.9. The first-order valence-corrected chi connectivity index (χ1v) is 10.7. The zero-order valence-corrected chi connectivity index (χ0v) is 18.2. The molecule has 0 saturated heterocycles. The van der Waals surface area contributed by atoms with Crippen LogP contribution in [-0.4, -0.2) is 26.5 Å². The molecular weight excluding hydrogens is 432 g/mol. The molecule has 164 valence electrons. The van der Waals surface area contributed by atoms with E-state index in [1.807, 2.05) is 0 Å². The van der Waals surface area contributed by atoms with Gasteiger partial charge in [0.05, 0.1) is 23.2 Å². The number of para-hydroxylation sites is 1. The molecule has 4 rings (SSSR count). The molecule has 0 fully saturated rings. The van der Waals surface area contributed by atoms with E-state index in [9.17, 15) is 14.4 Å². The summed E-state index contributed by atoms with van der Waals surface area (Å²) in [5, 5.41) is 7.76. The Bertz CT molecular complexity index is 1320. The van der Waals surface area contributed by atoms with Crippen LogP contribution in [0.3, 0.4) is 0 Å². The van der Waals surface area contributed by atoms with E-state index < -0.39 is 11.9 Å². The Morgan fingerprint density at radius 3 is 2.78 bits per heavy atom. The second-order valence-corrected chi connectivity index (χ2v) is 8.47. The van der Waals surface area contributed by atoms with Gasteiger partial charge >= 0.3 is 5.97 Å². The van der Waals surface area contributed by atoms with E-state index in [0.717, 1.165) is 11.4 Å². The Morgan fingerprint density at radius 2 is 2.03 bits per heavy atom. The molecule has 1 aromatic carbocycles. The maximum atomic E-state index is 12.7. The Morgan fingerprint density at radius 1 is 1.22 bits per heavy atom. The van der Waals surface area contributed by atoms with Crippen LogP contribution in [0.15, 0.2) is 57.9 Å². The van der Waals surface area contributed by atoms with E-state index >= 15 is 0 Å². The normalized spacial score (nSPS) is 11.1. The zero-order chi connectivity index (χ0) is 22.7. The second kappa shape index (κ2) is 9.15. The van der Waals surface area contributed by atoms with E-state index in [2.05, 4.69) is 29.2 Å². The summed E-state index contributed by atoms with van der Waals surface area (Å²) in [6.07, 6.45) is 2.13. The highest BCUT2D eigenvalue weighted by Gasteiger charge is 2.17. The Labute approximate surface area is 186 Å². The second-order valence-electron chi connectivity index (χ2n) is 7.43. The topological polar surface area (TPSA) is 116 Å². The third-order valence-electron chi connectivity index (χ3n) is 4.41. The highest BCUT2D eigenvalue weighted by molar-refractivity contribution is 7.16. The van der Waals surface area contributed by atoms with Gasteiger partial charge in [0, 0.05) is 12.5 Å². The minimum atomic E-state index is -0.660. The van der Waals surface area contributed by atoms with Gasteiger partial charge < -0.3 is 14.5 Å². The lowest BCUT2D eigenvalue weighted by atomic mass is 10.1. The van der Waals surface area contributed by atoms with E-state index in [4.69, 9.17) is 9.15 Å². The molecule has 0 unspecified atom stereocenters. The molecule has 4 aromatic rings. The van der Waals surface area contributed by atoms with Gasteiger partial charge in [0.25, 0.3) is 11.5 Å². The van der Waals surface area contributed by atoms with Gasteiger partial charge in [-0.2, -0.15) is 9.61 Å². The molecule has 0 radical (unpaired) electrons. The summed E-state index contributed by atoms with van der Waals surface area (Å²) in [5.41, 5.74) is 0.434. The van der Waals surface area contributed by atoms with Gasteiger partial charge in [-0.25, -0.2) is 9.78 Å². The Kier molecular flexibility index (Phi) is 6.13. The van der Waals surface area contributed by atoms with E-state index in [1.54, 1.807) is 24.3 Å². The summed E-state index contributed by atoms with van der Waals surface area (Å²) < 4.78 is 11.7. The molecule has 9 nitrogen and oxygen atoms in total. The number of hydrogen-bond donors (Lipinski definition) is 1. The van der Waals surface area contributed by atoms with Crippen molar-refractivity contribution in [3.05, 3.63) is 81.1 Å². The van der Waals surface area contributed by atoms with Crippen molar-refractivity contribution in [2.75, 3.05) is 5.32 Å². The maximum absolute atomic E-state index is 12.7. The minimum absolute atomic E-state index is 0.118. The zero-order valence-electron chi connectivity index (χ0n) is 17.4. The molecule has 3 aromatic heterocycles. The average molecular weight is 452 g/mol. The van der Waals surface area contributed by atoms with Crippen LogP contribution in [0.5, 0.6) is 0 Å². The number of nitrogens with zero attached hydrogens (tertiary/aromatic N) is 3. The number of amides is 1. The number of furan rings is 1. The third kappa shape index (κ3) is 4.75. The van der Waals surface area contributed by atoms with Crippen LogP contribution >= 0.6 is 11.3 Å². The van der Waals surface area contributed by atoms with Crippen LogP contribution in [0.25, 0.3) is 4.96 Å². The molecule has 0 spiro atoms. The van der Waals surface area contributed by atoms with Gasteiger partial charge in [-0.05, 0) is 30.2 Å². The fourth-order valence-electron chi connectivity index (χ4n) is 2.98. The molecule has 0 aliphatic heterocycles. The van der Waals surface area contributed by atoms with Crippen LogP contribution in [-0.2, 0) is 17.8 Å². The number of nitrogens with one attached hydrogen (secondary N) is 1. The number of aromatic nitrogens is 3. The standard InChI is InChI=1S/C22H20N4O5S/c1-13(2)10-18-25-26-19(27)11-14(23-22(26)32-18)12-31-21(29)15-6-3-4-7-16(15)24-20(28)17-8-5-9-30-17/h3-9,11,13H,10,12H2,1-2H3,(H,24,28). The third-order valence-corrected chi connectivity index (χ3v) is 5.34. The van der Waals surface area contributed by atoms with Crippen molar-refractivity contribution in [1.29, 1.82) is 0 Å². The molecule has 0 atom stereocenters. The largest absolute Gasteiger partial charge is 0.459 e. The first kappa shape index (κ1) is 21.4. The van der Waals surface area contributed by atoms with Crippen LogP contribution in [0.1, 0.15) is 45.5 Å². The lowest BCUT2D eigenvalue weighted by Gasteiger charge is -2.10. The maximum Gasteiger partial charge on any atom is 0.340 e. The fourth-order valence-corrected chi connectivity index (χ4v) is 4.11. The van der Waals surface area contributed by atoms with Crippen molar-refractivity contribution in [3.63, 3.8) is 0 Å². The molecule has 0 saturated carbocycles. The van der Waals surface area contributed by atoms with E-state index in [0.29, 0.717) is 16.6 Å². The summed E-state index contributed by atoms with van der Waals surface area (Å²) in [4.78, 5) is 42.1. The lowest BCUT2D eigenvalue weighted by Crippen LogP contribution is -2.18.